The zero-order valence-corrected chi connectivity index (χ0v) is 5.68. The van der Waals surface area contributed by atoms with Crippen LogP contribution >= 0.6 is 0 Å². The smallest absolute Gasteiger partial charge is 0.0930 e. The largest absolute Gasteiger partial charge is 0.330 e. The Morgan fingerprint density at radius 2 is 1.78 bits per heavy atom. The zero-order chi connectivity index (χ0) is 6.69. The van der Waals surface area contributed by atoms with Gasteiger partial charge in [0.1, 0.15) is 0 Å². The van der Waals surface area contributed by atoms with Gasteiger partial charge in [0.2, 0.25) is 0 Å². The molecule has 1 fully saturated rings. The van der Waals surface area contributed by atoms with Crippen LogP contribution < -0.4 is 5.73 Å². The predicted molar refractivity (Wildman–Crippen MR) is 35.5 cm³/mol. The molecule has 53 valence electrons. The van der Waals surface area contributed by atoms with E-state index in [9.17, 15) is 5.11 Å². The standard InChI is InChI=1S/C7H14NO/c8-5-6-1-3-7(9)4-2-6/h6-7H,1-5,8H2. The molecule has 0 aliphatic heterocycles. The lowest BCUT2D eigenvalue weighted by atomic mass is 9.88. The number of hydrogen-bond acceptors (Lipinski definition) is 1. The van der Waals surface area contributed by atoms with Crippen LogP contribution in [0.15, 0.2) is 0 Å². The normalized spacial score (nSPS) is 36.7. The van der Waals surface area contributed by atoms with Crippen LogP contribution in [0.1, 0.15) is 25.7 Å². The fourth-order valence-corrected chi connectivity index (χ4v) is 1.37. The van der Waals surface area contributed by atoms with Gasteiger partial charge in [0.05, 0.1) is 6.10 Å². The molecular weight excluding hydrogens is 114 g/mol. The van der Waals surface area contributed by atoms with Gasteiger partial charge in [-0.15, -0.1) is 0 Å². The van der Waals surface area contributed by atoms with Crippen molar-refractivity contribution in [3.05, 3.63) is 0 Å². The third-order valence-corrected chi connectivity index (χ3v) is 2.13. The molecule has 1 radical (unpaired) electrons. The van der Waals surface area contributed by atoms with Crippen LogP contribution in [0, 0.1) is 5.92 Å². The molecule has 0 spiro atoms. The third kappa shape index (κ3) is 1.95. The summed E-state index contributed by atoms with van der Waals surface area (Å²) in [5.74, 6) is 0.648. The van der Waals surface area contributed by atoms with Crippen LogP contribution in [0.5, 0.6) is 0 Å². The molecule has 2 nitrogen and oxygen atoms in total. The minimum absolute atomic E-state index is 0.284. The lowest BCUT2D eigenvalue weighted by molar-refractivity contribution is 0.0437. The maximum absolute atomic E-state index is 10.8. The minimum Gasteiger partial charge on any atom is -0.330 e. The number of hydrogen-bond donors (Lipinski definition) is 1. The summed E-state index contributed by atoms with van der Waals surface area (Å²) >= 11 is 0. The van der Waals surface area contributed by atoms with Crippen LogP contribution in [0.2, 0.25) is 0 Å². The van der Waals surface area contributed by atoms with Gasteiger partial charge in [-0.05, 0) is 38.1 Å². The van der Waals surface area contributed by atoms with E-state index in [0.717, 1.165) is 32.2 Å². The van der Waals surface area contributed by atoms with E-state index in [0.29, 0.717) is 5.92 Å². The molecule has 0 atom stereocenters. The highest BCUT2D eigenvalue weighted by atomic mass is 16.3. The van der Waals surface area contributed by atoms with Crippen LogP contribution in [0.3, 0.4) is 0 Å². The third-order valence-electron chi connectivity index (χ3n) is 2.13. The molecule has 1 aliphatic rings. The first-order valence-corrected chi connectivity index (χ1v) is 3.69. The molecule has 0 aromatic heterocycles. The molecular formula is C7H14NO. The first-order valence-electron chi connectivity index (χ1n) is 3.69. The van der Waals surface area contributed by atoms with E-state index in [1.807, 2.05) is 0 Å². The molecule has 9 heavy (non-hydrogen) atoms. The molecule has 0 unspecified atom stereocenters. The van der Waals surface area contributed by atoms with E-state index < -0.39 is 0 Å². The van der Waals surface area contributed by atoms with Crippen molar-refractivity contribution in [2.24, 2.45) is 11.7 Å². The highest BCUT2D eigenvalue weighted by Crippen LogP contribution is 2.22. The van der Waals surface area contributed by atoms with Gasteiger partial charge in [0.25, 0.3) is 0 Å². The van der Waals surface area contributed by atoms with Gasteiger partial charge in [-0.1, -0.05) is 0 Å². The number of nitrogens with two attached hydrogens (primary N) is 1. The van der Waals surface area contributed by atoms with Crippen molar-refractivity contribution >= 4 is 0 Å². The fourth-order valence-electron chi connectivity index (χ4n) is 1.37. The monoisotopic (exact) mass is 128 g/mol. The SMILES string of the molecule is NCC1CCC([O])CC1. The Morgan fingerprint density at radius 3 is 2.22 bits per heavy atom. The molecule has 0 saturated heterocycles. The van der Waals surface area contributed by atoms with Crippen molar-refractivity contribution in [2.75, 3.05) is 6.54 Å². The van der Waals surface area contributed by atoms with Crippen molar-refractivity contribution in [3.8, 4) is 0 Å². The Hall–Kier alpha value is -0.0800. The molecule has 0 aromatic rings. The Morgan fingerprint density at radius 1 is 1.22 bits per heavy atom. The van der Waals surface area contributed by atoms with Crippen molar-refractivity contribution in [1.82, 2.24) is 0 Å². The van der Waals surface area contributed by atoms with Crippen LogP contribution in [0.4, 0.5) is 0 Å². The second kappa shape index (κ2) is 3.18. The summed E-state index contributed by atoms with van der Waals surface area (Å²) in [6.45, 7) is 0.771. The summed E-state index contributed by atoms with van der Waals surface area (Å²) < 4.78 is 0. The molecule has 1 rings (SSSR count). The van der Waals surface area contributed by atoms with Crippen molar-refractivity contribution in [1.29, 1.82) is 0 Å². The van der Waals surface area contributed by atoms with E-state index in [1.165, 1.54) is 0 Å². The summed E-state index contributed by atoms with van der Waals surface area (Å²) in [6.07, 6.45) is 3.53. The lowest BCUT2D eigenvalue weighted by Crippen LogP contribution is -2.22. The summed E-state index contributed by atoms with van der Waals surface area (Å²) in [6, 6.07) is 0. The quantitative estimate of drug-likeness (QED) is 0.561. The van der Waals surface area contributed by atoms with E-state index in [4.69, 9.17) is 5.73 Å². The molecule has 1 saturated carbocycles. The maximum atomic E-state index is 10.8. The first-order chi connectivity index (χ1) is 4.33. The topological polar surface area (TPSA) is 45.9 Å². The van der Waals surface area contributed by atoms with Gasteiger partial charge in [-0.25, -0.2) is 5.11 Å². The second-order valence-electron chi connectivity index (χ2n) is 2.88. The van der Waals surface area contributed by atoms with Crippen LogP contribution in [-0.2, 0) is 5.11 Å². The van der Waals surface area contributed by atoms with E-state index in [-0.39, 0.29) is 6.10 Å². The Balaban J connectivity index is 2.18. The van der Waals surface area contributed by atoms with Crippen molar-refractivity contribution < 1.29 is 5.11 Å². The van der Waals surface area contributed by atoms with E-state index in [2.05, 4.69) is 0 Å². The summed E-state index contributed by atoms with van der Waals surface area (Å²) in [5, 5.41) is 10.8. The predicted octanol–water partition coefficient (Wildman–Crippen LogP) is 0.934. The van der Waals surface area contributed by atoms with Crippen LogP contribution in [0.25, 0.3) is 0 Å². The molecule has 2 heteroatoms. The van der Waals surface area contributed by atoms with Gasteiger partial charge < -0.3 is 5.73 Å². The summed E-state index contributed by atoms with van der Waals surface area (Å²) in [5.41, 5.74) is 5.45. The molecule has 0 heterocycles. The van der Waals surface area contributed by atoms with Crippen LogP contribution in [-0.4, -0.2) is 12.6 Å². The second-order valence-corrected chi connectivity index (χ2v) is 2.88. The van der Waals surface area contributed by atoms with Gasteiger partial charge in [0.15, 0.2) is 0 Å². The van der Waals surface area contributed by atoms with Crippen molar-refractivity contribution in [3.63, 3.8) is 0 Å². The van der Waals surface area contributed by atoms with Crippen molar-refractivity contribution in [2.45, 2.75) is 31.8 Å². The molecule has 0 bridgehead atoms. The first kappa shape index (κ1) is 7.03. The molecule has 2 N–H and O–H groups in total. The number of rotatable bonds is 1. The highest BCUT2D eigenvalue weighted by molar-refractivity contribution is 4.71. The fraction of sp³-hybridized carbons (Fsp3) is 1.00. The van der Waals surface area contributed by atoms with Gasteiger partial charge >= 0.3 is 0 Å². The van der Waals surface area contributed by atoms with Gasteiger partial charge in [-0.3, -0.25) is 0 Å². The Kier molecular flexibility index (Phi) is 2.49. The average Bonchev–Trinajstić information content (AvgIpc) is 1.90. The molecule has 0 amide bonds. The lowest BCUT2D eigenvalue weighted by Gasteiger charge is -2.22. The van der Waals surface area contributed by atoms with Gasteiger partial charge in [0, 0.05) is 0 Å². The average molecular weight is 128 g/mol. The minimum atomic E-state index is -0.284. The van der Waals surface area contributed by atoms with Gasteiger partial charge in [-0.2, -0.15) is 0 Å². The summed E-state index contributed by atoms with van der Waals surface area (Å²) in [7, 11) is 0. The highest BCUT2D eigenvalue weighted by Gasteiger charge is 2.18. The molecule has 1 aliphatic carbocycles. The summed E-state index contributed by atoms with van der Waals surface area (Å²) in [4.78, 5) is 0. The van der Waals surface area contributed by atoms with E-state index in [1.54, 1.807) is 0 Å². The van der Waals surface area contributed by atoms with E-state index >= 15 is 0 Å². The Bertz CT molecular complexity index is 77.0. The maximum Gasteiger partial charge on any atom is 0.0930 e. The zero-order valence-electron chi connectivity index (χ0n) is 5.68. The Labute approximate surface area is 56.1 Å². The molecule has 0 aromatic carbocycles.